The van der Waals surface area contributed by atoms with Crippen LogP contribution in [0.3, 0.4) is 0 Å². The Morgan fingerprint density at radius 3 is 2.40 bits per heavy atom. The number of methoxy groups -OCH3 is 1. The zero-order valence-corrected chi connectivity index (χ0v) is 21.1. The molecule has 0 bridgehead atoms. The summed E-state index contributed by atoms with van der Waals surface area (Å²) in [7, 11) is 0.266. The van der Waals surface area contributed by atoms with Gasteiger partial charge in [-0.15, -0.1) is 0 Å². The Balaban J connectivity index is 1.87. The van der Waals surface area contributed by atoms with Crippen LogP contribution < -0.4 is 4.74 Å². The Morgan fingerprint density at radius 2 is 1.80 bits per heavy atom. The van der Waals surface area contributed by atoms with Gasteiger partial charge in [-0.25, -0.2) is 18.3 Å². The number of carbonyl (C=O) groups is 1. The van der Waals surface area contributed by atoms with Crippen LogP contribution in [-0.4, -0.2) is 48.1 Å². The van der Waals surface area contributed by atoms with Gasteiger partial charge in [-0.3, -0.25) is 0 Å². The summed E-state index contributed by atoms with van der Waals surface area (Å²) in [6, 6.07) is 16.7. The third kappa shape index (κ3) is 5.00. The van der Waals surface area contributed by atoms with Crippen molar-refractivity contribution in [2.45, 2.75) is 44.5 Å². The van der Waals surface area contributed by atoms with Gasteiger partial charge in [-0.05, 0) is 68.1 Å². The number of nitrogens with zero attached hydrogens (tertiary/aromatic N) is 2. The second kappa shape index (κ2) is 9.89. The fourth-order valence-electron chi connectivity index (χ4n) is 4.43. The Hall–Kier alpha value is -3.07. The summed E-state index contributed by atoms with van der Waals surface area (Å²) in [6.45, 7) is 5.96. The fraction of sp³-hybridized carbons (Fsp3) is 0.333. The smallest absolute Gasteiger partial charge is 0.354 e. The van der Waals surface area contributed by atoms with E-state index in [1.807, 2.05) is 73.6 Å². The number of hydrogen-bond donors (Lipinski definition) is 2. The number of pyridine rings is 1. The molecular weight excluding hydrogens is 464 g/mol. The normalized spacial score (nSPS) is 16.7. The predicted molar refractivity (Wildman–Crippen MR) is 137 cm³/mol. The average Bonchev–Trinajstić information content (AvgIpc) is 3.21. The van der Waals surface area contributed by atoms with Gasteiger partial charge >= 0.3 is 5.97 Å². The van der Waals surface area contributed by atoms with Gasteiger partial charge in [0.05, 0.1) is 23.6 Å². The van der Waals surface area contributed by atoms with Gasteiger partial charge in [0, 0.05) is 24.3 Å². The van der Waals surface area contributed by atoms with Crippen molar-refractivity contribution in [2.75, 3.05) is 13.7 Å². The summed E-state index contributed by atoms with van der Waals surface area (Å²) in [5, 5.41) is 19.6. The topological polar surface area (TPSA) is 100.0 Å². The number of aromatic nitrogens is 1. The van der Waals surface area contributed by atoms with Crippen LogP contribution in [0.1, 0.15) is 54.8 Å². The number of aliphatic hydroxyl groups is 1. The molecule has 184 valence electrons. The maximum Gasteiger partial charge on any atom is 0.354 e. The van der Waals surface area contributed by atoms with Crippen LogP contribution in [0.2, 0.25) is 0 Å². The van der Waals surface area contributed by atoms with Gasteiger partial charge in [-0.1, -0.05) is 30.3 Å². The summed E-state index contributed by atoms with van der Waals surface area (Å²) in [5.74, 6) is -0.355. The van der Waals surface area contributed by atoms with E-state index in [1.54, 1.807) is 13.2 Å². The van der Waals surface area contributed by atoms with E-state index < -0.39 is 21.7 Å². The number of aliphatic hydroxyl groups excluding tert-OH is 1. The highest BCUT2D eigenvalue weighted by atomic mass is 32.2. The van der Waals surface area contributed by atoms with Crippen LogP contribution in [0, 0.1) is 0 Å². The number of benzene rings is 2. The van der Waals surface area contributed by atoms with Gasteiger partial charge in [0.25, 0.3) is 0 Å². The molecule has 2 heterocycles. The monoisotopic (exact) mass is 494 g/mol. The summed E-state index contributed by atoms with van der Waals surface area (Å²) >= 11 is 0. The zero-order valence-electron chi connectivity index (χ0n) is 20.3. The first-order valence-corrected chi connectivity index (χ1v) is 12.6. The number of aromatic carboxylic acids is 1. The van der Waals surface area contributed by atoms with E-state index >= 15 is 0 Å². The average molecular weight is 495 g/mol. The lowest BCUT2D eigenvalue weighted by Crippen LogP contribution is -2.36. The molecular formula is C27H30N2O5S. The molecule has 1 aromatic heterocycles. The van der Waals surface area contributed by atoms with Gasteiger partial charge in [0.15, 0.2) is 0 Å². The third-order valence-corrected chi connectivity index (χ3v) is 7.93. The Bertz CT molecular complexity index is 1270. The van der Waals surface area contributed by atoms with Crippen LogP contribution in [0.15, 0.2) is 54.6 Å². The lowest BCUT2D eigenvalue weighted by atomic mass is 9.94. The van der Waals surface area contributed by atoms with Crippen molar-refractivity contribution in [1.82, 2.24) is 9.29 Å². The van der Waals surface area contributed by atoms with Crippen molar-refractivity contribution in [3.63, 3.8) is 0 Å². The summed E-state index contributed by atoms with van der Waals surface area (Å²) < 4.78 is 20.0. The fourth-order valence-corrected chi connectivity index (χ4v) is 5.83. The number of carboxylic acid groups (broad SMARTS) is 1. The van der Waals surface area contributed by atoms with Crippen LogP contribution in [0.4, 0.5) is 0 Å². The lowest BCUT2D eigenvalue weighted by Gasteiger charge is -2.30. The minimum atomic E-state index is -1.35. The molecule has 7 nitrogen and oxygen atoms in total. The summed E-state index contributed by atoms with van der Waals surface area (Å²) in [4.78, 5) is 16.5. The highest BCUT2D eigenvalue weighted by molar-refractivity contribution is 7.84. The molecule has 2 atom stereocenters. The maximum atomic E-state index is 13.4. The number of rotatable bonds is 7. The molecule has 0 saturated carbocycles. The van der Waals surface area contributed by atoms with Gasteiger partial charge in [-0.2, -0.15) is 0 Å². The summed E-state index contributed by atoms with van der Waals surface area (Å²) in [5.41, 5.74) is 4.80. The minimum Gasteiger partial charge on any atom is -0.497 e. The van der Waals surface area contributed by atoms with Crippen molar-refractivity contribution in [1.29, 1.82) is 0 Å². The van der Waals surface area contributed by atoms with Crippen LogP contribution in [-0.2, 0) is 17.5 Å². The molecule has 0 saturated heterocycles. The molecule has 0 spiro atoms. The van der Waals surface area contributed by atoms with E-state index in [0.29, 0.717) is 18.7 Å². The summed E-state index contributed by atoms with van der Waals surface area (Å²) in [6.07, 6.45) is 0.369. The highest BCUT2D eigenvalue weighted by Gasteiger charge is 2.40. The first-order valence-electron chi connectivity index (χ1n) is 11.5. The molecule has 0 radical (unpaired) electrons. The van der Waals surface area contributed by atoms with Gasteiger partial charge in [0.1, 0.15) is 22.4 Å². The van der Waals surface area contributed by atoms with E-state index in [0.717, 1.165) is 33.6 Å². The van der Waals surface area contributed by atoms with Crippen molar-refractivity contribution >= 4 is 17.0 Å². The van der Waals surface area contributed by atoms with E-state index in [2.05, 4.69) is 4.98 Å². The Kier molecular flexibility index (Phi) is 7.07. The minimum absolute atomic E-state index is 0.0558. The Morgan fingerprint density at radius 1 is 1.11 bits per heavy atom. The van der Waals surface area contributed by atoms with Crippen LogP contribution >= 0.6 is 0 Å². The number of fused-ring (bicyclic) bond motifs is 1. The van der Waals surface area contributed by atoms with Crippen molar-refractivity contribution in [2.24, 2.45) is 0 Å². The Labute approximate surface area is 208 Å². The van der Waals surface area contributed by atoms with E-state index in [9.17, 15) is 19.2 Å². The lowest BCUT2D eigenvalue weighted by molar-refractivity contribution is 0.0690. The SMILES string of the molecule is COc1ccc(-c2cccc(-c3nc(C(=O)O)cc4c3[C@@H](CCO)N([S@](=O)C(C)(C)C)C4)c2)cc1. The molecule has 8 heteroatoms. The molecule has 3 aromatic rings. The first kappa shape index (κ1) is 25.0. The number of hydrogen-bond acceptors (Lipinski definition) is 5. The zero-order chi connectivity index (χ0) is 25.3. The molecule has 2 N–H and O–H groups in total. The molecule has 0 unspecified atom stereocenters. The molecule has 1 aliphatic rings. The quantitative estimate of drug-likeness (QED) is 0.488. The van der Waals surface area contributed by atoms with Gasteiger partial charge < -0.3 is 14.9 Å². The number of carboxylic acids is 1. The molecule has 0 fully saturated rings. The van der Waals surface area contributed by atoms with Gasteiger partial charge in [0.2, 0.25) is 0 Å². The molecule has 35 heavy (non-hydrogen) atoms. The van der Waals surface area contributed by atoms with Crippen molar-refractivity contribution in [3.8, 4) is 28.1 Å². The third-order valence-electron chi connectivity index (χ3n) is 6.07. The number of ether oxygens (including phenoxy) is 1. The maximum absolute atomic E-state index is 13.4. The molecule has 2 aromatic carbocycles. The van der Waals surface area contributed by atoms with E-state index in [1.165, 1.54) is 0 Å². The molecule has 1 aliphatic heterocycles. The second-order valence-corrected chi connectivity index (χ2v) is 11.7. The standard InChI is InChI=1S/C27H30N2O5S/c1-27(2,3)35(33)29-16-20-15-22(26(31)32)28-25(24(20)23(29)12-13-30)19-7-5-6-18(14-19)17-8-10-21(34-4)11-9-17/h5-11,14-15,23,30H,12-13,16H2,1-4H3,(H,31,32)/t23-,35-/m1/s1. The molecule has 4 rings (SSSR count). The molecule has 0 aliphatic carbocycles. The van der Waals surface area contributed by atoms with Crippen molar-refractivity contribution < 1.29 is 24.0 Å². The molecule has 0 amide bonds. The van der Waals surface area contributed by atoms with E-state index in [4.69, 9.17) is 4.74 Å². The van der Waals surface area contributed by atoms with Crippen LogP contribution in [0.25, 0.3) is 22.4 Å². The van der Waals surface area contributed by atoms with Crippen LogP contribution in [0.5, 0.6) is 5.75 Å². The predicted octanol–water partition coefficient (Wildman–Crippen LogP) is 4.82. The second-order valence-electron chi connectivity index (χ2n) is 9.51. The van der Waals surface area contributed by atoms with Crippen molar-refractivity contribution in [3.05, 3.63) is 71.4 Å². The van der Waals surface area contributed by atoms with E-state index in [-0.39, 0.29) is 18.3 Å². The largest absolute Gasteiger partial charge is 0.497 e. The first-order chi connectivity index (χ1) is 16.6. The highest BCUT2D eigenvalue weighted by Crippen LogP contribution is 2.44.